The molecule has 0 unspecified atom stereocenters. The maximum atomic E-state index is 12.1. The third-order valence-corrected chi connectivity index (χ3v) is 1.67. The SMILES string of the molecule is FC(F)(F)c1ccc(C#CI)cc1. The second-order valence-corrected chi connectivity index (χ2v) is 2.83. The van der Waals surface area contributed by atoms with E-state index < -0.39 is 11.7 Å². The zero-order valence-corrected chi connectivity index (χ0v) is 8.48. The fourth-order valence-electron chi connectivity index (χ4n) is 0.797. The zero-order chi connectivity index (χ0) is 9.90. The molecule has 0 amide bonds. The van der Waals surface area contributed by atoms with Crippen LogP contribution in [0.15, 0.2) is 24.3 Å². The van der Waals surface area contributed by atoms with Crippen LogP contribution in [0.1, 0.15) is 11.1 Å². The van der Waals surface area contributed by atoms with Gasteiger partial charge in [-0.2, -0.15) is 13.2 Å². The van der Waals surface area contributed by atoms with Crippen LogP contribution >= 0.6 is 22.6 Å². The Hall–Kier alpha value is -0.700. The molecule has 0 aliphatic heterocycles. The van der Waals surface area contributed by atoms with Crippen molar-refractivity contribution in [1.82, 2.24) is 0 Å². The van der Waals surface area contributed by atoms with Gasteiger partial charge in [-0.05, 0) is 28.2 Å². The minimum Gasteiger partial charge on any atom is -0.166 e. The van der Waals surface area contributed by atoms with Crippen molar-refractivity contribution in [3.63, 3.8) is 0 Å². The highest BCUT2D eigenvalue weighted by Crippen LogP contribution is 2.28. The molecule has 0 fully saturated rings. The van der Waals surface area contributed by atoms with Crippen LogP contribution in [-0.2, 0) is 6.18 Å². The summed E-state index contributed by atoms with van der Waals surface area (Å²) in [5.74, 6) is 2.66. The standard InChI is InChI=1S/C9H4F3I/c10-9(11,12)8-3-1-7(2-4-8)5-6-13/h1-4H. The molecule has 0 atom stereocenters. The average Bonchev–Trinajstić information content (AvgIpc) is 2.04. The monoisotopic (exact) mass is 296 g/mol. The molecule has 0 heterocycles. The molecule has 0 nitrogen and oxygen atoms in total. The summed E-state index contributed by atoms with van der Waals surface area (Å²) in [5.41, 5.74) is -0.0612. The van der Waals surface area contributed by atoms with E-state index in [1.807, 2.05) is 22.6 Å². The minimum absolute atomic E-state index is 0.586. The van der Waals surface area contributed by atoms with Gasteiger partial charge >= 0.3 is 6.18 Å². The second-order valence-electron chi connectivity index (χ2n) is 2.29. The summed E-state index contributed by atoms with van der Waals surface area (Å²) >= 11 is 1.83. The molecule has 0 bridgehead atoms. The van der Waals surface area contributed by atoms with E-state index >= 15 is 0 Å². The third kappa shape index (κ3) is 2.92. The van der Waals surface area contributed by atoms with Gasteiger partial charge in [-0.1, -0.05) is 5.92 Å². The Morgan fingerprint density at radius 3 is 2.00 bits per heavy atom. The van der Waals surface area contributed by atoms with Crippen molar-refractivity contribution in [2.75, 3.05) is 0 Å². The maximum Gasteiger partial charge on any atom is 0.416 e. The van der Waals surface area contributed by atoms with Crippen molar-refractivity contribution >= 4 is 22.6 Å². The summed E-state index contributed by atoms with van der Waals surface area (Å²) in [6, 6.07) is 4.76. The van der Waals surface area contributed by atoms with Gasteiger partial charge in [-0.15, -0.1) is 0 Å². The second kappa shape index (κ2) is 4.01. The summed E-state index contributed by atoms with van der Waals surface area (Å²) in [5, 5.41) is 0. The van der Waals surface area contributed by atoms with Gasteiger partial charge in [0.25, 0.3) is 0 Å². The quantitative estimate of drug-likeness (QED) is 0.508. The van der Waals surface area contributed by atoms with Crippen LogP contribution < -0.4 is 0 Å². The maximum absolute atomic E-state index is 12.1. The van der Waals surface area contributed by atoms with E-state index in [-0.39, 0.29) is 0 Å². The largest absolute Gasteiger partial charge is 0.416 e. The Bertz CT molecular complexity index is 340. The topological polar surface area (TPSA) is 0 Å². The normalized spacial score (nSPS) is 10.5. The highest BCUT2D eigenvalue weighted by Gasteiger charge is 2.29. The number of halogens is 4. The van der Waals surface area contributed by atoms with Gasteiger partial charge in [0.15, 0.2) is 0 Å². The molecule has 4 heteroatoms. The van der Waals surface area contributed by atoms with E-state index in [4.69, 9.17) is 0 Å². The van der Waals surface area contributed by atoms with Crippen LogP contribution in [0.25, 0.3) is 0 Å². The molecule has 0 aliphatic carbocycles. The van der Waals surface area contributed by atoms with Crippen LogP contribution in [0.5, 0.6) is 0 Å². The van der Waals surface area contributed by atoms with Crippen molar-refractivity contribution in [2.24, 2.45) is 0 Å². The number of hydrogen-bond donors (Lipinski definition) is 0. The van der Waals surface area contributed by atoms with Gasteiger partial charge in [-0.25, -0.2) is 0 Å². The molecule has 0 radical (unpaired) electrons. The number of rotatable bonds is 0. The first-order valence-electron chi connectivity index (χ1n) is 3.33. The molecule has 1 rings (SSSR count). The van der Waals surface area contributed by atoms with Crippen molar-refractivity contribution in [2.45, 2.75) is 6.18 Å². The van der Waals surface area contributed by atoms with Crippen LogP contribution in [0.2, 0.25) is 0 Å². The summed E-state index contributed by atoms with van der Waals surface area (Å²) in [4.78, 5) is 0. The lowest BCUT2D eigenvalue weighted by Crippen LogP contribution is -2.03. The van der Waals surface area contributed by atoms with Gasteiger partial charge in [0.2, 0.25) is 0 Å². The van der Waals surface area contributed by atoms with Crippen molar-refractivity contribution < 1.29 is 13.2 Å². The summed E-state index contributed by atoms with van der Waals surface area (Å²) in [6.45, 7) is 0. The Kier molecular flexibility index (Phi) is 3.20. The first-order valence-corrected chi connectivity index (χ1v) is 4.41. The first-order chi connectivity index (χ1) is 6.04. The predicted octanol–water partition coefficient (Wildman–Crippen LogP) is 3.45. The average molecular weight is 296 g/mol. The molecule has 0 saturated carbocycles. The van der Waals surface area contributed by atoms with E-state index in [2.05, 4.69) is 9.85 Å². The summed E-state index contributed by atoms with van der Waals surface area (Å²) in [6.07, 6.45) is -4.27. The number of benzene rings is 1. The van der Waals surface area contributed by atoms with E-state index in [1.54, 1.807) is 0 Å². The smallest absolute Gasteiger partial charge is 0.166 e. The molecule has 1 aromatic rings. The highest BCUT2D eigenvalue weighted by atomic mass is 127. The van der Waals surface area contributed by atoms with Crippen molar-refractivity contribution in [3.05, 3.63) is 35.4 Å². The molecule has 13 heavy (non-hydrogen) atoms. The Labute approximate surface area is 87.3 Å². The highest BCUT2D eigenvalue weighted by molar-refractivity contribution is 14.1. The van der Waals surface area contributed by atoms with Gasteiger partial charge in [0.05, 0.1) is 5.56 Å². The van der Waals surface area contributed by atoms with Crippen LogP contribution in [0.3, 0.4) is 0 Å². The third-order valence-electron chi connectivity index (χ3n) is 1.40. The molecule has 1 aromatic carbocycles. The Morgan fingerprint density at radius 1 is 1.08 bits per heavy atom. The van der Waals surface area contributed by atoms with Crippen LogP contribution in [-0.4, -0.2) is 0 Å². The van der Waals surface area contributed by atoms with Crippen LogP contribution in [0, 0.1) is 9.85 Å². The fourth-order valence-corrected chi connectivity index (χ4v) is 1.11. The lowest BCUT2D eigenvalue weighted by Gasteiger charge is -2.05. The number of alkyl halides is 3. The fraction of sp³-hybridized carbons (Fsp3) is 0.111. The van der Waals surface area contributed by atoms with E-state index in [0.29, 0.717) is 5.56 Å². The summed E-state index contributed by atoms with van der Waals surface area (Å²) < 4.78 is 38.8. The summed E-state index contributed by atoms with van der Waals surface area (Å²) in [7, 11) is 0. The molecule has 0 saturated heterocycles. The lowest BCUT2D eigenvalue weighted by atomic mass is 10.1. The molecule has 0 aliphatic rings. The van der Waals surface area contributed by atoms with Gasteiger partial charge in [-0.3, -0.25) is 0 Å². The lowest BCUT2D eigenvalue weighted by molar-refractivity contribution is -0.137. The van der Waals surface area contributed by atoms with Crippen molar-refractivity contribution in [1.29, 1.82) is 0 Å². The van der Waals surface area contributed by atoms with E-state index in [0.717, 1.165) is 12.1 Å². The van der Waals surface area contributed by atoms with Gasteiger partial charge in [0.1, 0.15) is 0 Å². The molecule has 0 spiro atoms. The number of hydrogen-bond acceptors (Lipinski definition) is 0. The first kappa shape index (κ1) is 10.4. The Balaban J connectivity index is 2.98. The van der Waals surface area contributed by atoms with Crippen LogP contribution in [0.4, 0.5) is 13.2 Å². The zero-order valence-electron chi connectivity index (χ0n) is 6.32. The van der Waals surface area contributed by atoms with Gasteiger partial charge < -0.3 is 0 Å². The molecular weight excluding hydrogens is 292 g/mol. The van der Waals surface area contributed by atoms with Crippen molar-refractivity contribution in [3.8, 4) is 9.85 Å². The molecule has 0 aromatic heterocycles. The molecule has 0 N–H and O–H groups in total. The minimum atomic E-state index is -4.27. The van der Waals surface area contributed by atoms with E-state index in [1.165, 1.54) is 12.1 Å². The molecular formula is C9H4F3I. The molecule has 68 valence electrons. The van der Waals surface area contributed by atoms with Gasteiger partial charge in [0, 0.05) is 28.2 Å². The Morgan fingerprint density at radius 2 is 1.62 bits per heavy atom. The van der Waals surface area contributed by atoms with E-state index in [9.17, 15) is 13.2 Å². The predicted molar refractivity (Wildman–Crippen MR) is 52.3 cm³/mol.